The quantitative estimate of drug-likeness (QED) is 0.917. The Balaban J connectivity index is 1.99. The van der Waals surface area contributed by atoms with E-state index in [9.17, 15) is 0 Å². The van der Waals surface area contributed by atoms with Crippen LogP contribution in [0.3, 0.4) is 0 Å². The highest BCUT2D eigenvalue weighted by Crippen LogP contribution is 2.25. The summed E-state index contributed by atoms with van der Waals surface area (Å²) in [6, 6.07) is 5.25. The molecule has 2 rings (SSSR count). The molecule has 1 aliphatic heterocycles. The lowest BCUT2D eigenvalue weighted by molar-refractivity contribution is 0.0632. The van der Waals surface area contributed by atoms with Crippen molar-refractivity contribution in [2.45, 2.75) is 53.1 Å². The first kappa shape index (κ1) is 15.6. The van der Waals surface area contributed by atoms with Gasteiger partial charge in [-0.2, -0.15) is 0 Å². The zero-order chi connectivity index (χ0) is 14.8. The molecular weight excluding hydrogens is 248 g/mol. The van der Waals surface area contributed by atoms with Crippen molar-refractivity contribution in [3.63, 3.8) is 0 Å². The van der Waals surface area contributed by atoms with Crippen molar-refractivity contribution in [2.24, 2.45) is 11.3 Å². The predicted molar refractivity (Wildman–Crippen MR) is 83.9 cm³/mol. The zero-order valence-electron chi connectivity index (χ0n) is 13.6. The van der Waals surface area contributed by atoms with E-state index in [4.69, 9.17) is 4.42 Å². The largest absolute Gasteiger partial charge is 0.469 e. The van der Waals surface area contributed by atoms with Crippen LogP contribution >= 0.6 is 0 Å². The Morgan fingerprint density at radius 2 is 2.15 bits per heavy atom. The van der Waals surface area contributed by atoms with E-state index in [0.717, 1.165) is 31.8 Å². The van der Waals surface area contributed by atoms with Gasteiger partial charge in [0.2, 0.25) is 0 Å². The molecule has 2 unspecified atom stereocenters. The molecule has 20 heavy (non-hydrogen) atoms. The molecule has 114 valence electrons. The van der Waals surface area contributed by atoms with Gasteiger partial charge in [0.05, 0.1) is 6.26 Å². The van der Waals surface area contributed by atoms with Gasteiger partial charge in [0.1, 0.15) is 5.76 Å². The lowest BCUT2D eigenvalue weighted by Crippen LogP contribution is -2.61. The van der Waals surface area contributed by atoms with E-state index in [1.54, 1.807) is 6.26 Å². The van der Waals surface area contributed by atoms with Gasteiger partial charge in [-0.25, -0.2) is 0 Å². The number of nitrogens with one attached hydrogen (secondary N) is 1. The summed E-state index contributed by atoms with van der Waals surface area (Å²) in [5.41, 5.74) is 0.310. The van der Waals surface area contributed by atoms with Gasteiger partial charge in [-0.3, -0.25) is 4.90 Å². The summed E-state index contributed by atoms with van der Waals surface area (Å²) in [7, 11) is 0. The highest BCUT2D eigenvalue weighted by Gasteiger charge is 2.34. The molecular formula is C17H30N2O. The van der Waals surface area contributed by atoms with Gasteiger partial charge in [-0.15, -0.1) is 0 Å². The van der Waals surface area contributed by atoms with Gasteiger partial charge in [0, 0.05) is 38.1 Å². The number of rotatable bonds is 4. The minimum Gasteiger partial charge on any atom is -0.469 e. The minimum absolute atomic E-state index is 0.310. The Hall–Kier alpha value is -0.800. The fraction of sp³-hybridized carbons (Fsp3) is 0.765. The lowest BCUT2D eigenvalue weighted by Gasteiger charge is -2.46. The monoisotopic (exact) mass is 278 g/mol. The van der Waals surface area contributed by atoms with Gasteiger partial charge < -0.3 is 9.73 Å². The summed E-state index contributed by atoms with van der Waals surface area (Å²) >= 11 is 0. The van der Waals surface area contributed by atoms with Crippen LogP contribution in [0.4, 0.5) is 0 Å². The highest BCUT2D eigenvalue weighted by atomic mass is 16.3. The van der Waals surface area contributed by atoms with Crippen molar-refractivity contribution in [1.82, 2.24) is 10.2 Å². The molecule has 1 N–H and O–H groups in total. The normalized spacial score (nSPS) is 25.3. The van der Waals surface area contributed by atoms with E-state index in [0.29, 0.717) is 23.4 Å². The number of hydrogen-bond donors (Lipinski definition) is 1. The predicted octanol–water partition coefficient (Wildman–Crippen LogP) is 3.17. The van der Waals surface area contributed by atoms with Crippen LogP contribution < -0.4 is 5.32 Å². The van der Waals surface area contributed by atoms with Gasteiger partial charge in [0.15, 0.2) is 0 Å². The molecule has 0 spiro atoms. The maximum absolute atomic E-state index is 5.47. The second-order valence-corrected chi connectivity index (χ2v) is 7.46. The molecule has 0 bridgehead atoms. The second kappa shape index (κ2) is 6.31. The third-order valence-corrected chi connectivity index (χ3v) is 4.50. The van der Waals surface area contributed by atoms with Gasteiger partial charge in [0.25, 0.3) is 0 Å². The van der Waals surface area contributed by atoms with E-state index in [2.05, 4.69) is 50.9 Å². The van der Waals surface area contributed by atoms with E-state index in [-0.39, 0.29) is 0 Å². The average molecular weight is 278 g/mol. The number of nitrogens with zero attached hydrogens (tertiary/aromatic N) is 1. The Bertz CT molecular complexity index is 392. The first-order valence-corrected chi connectivity index (χ1v) is 7.87. The Morgan fingerprint density at radius 1 is 1.40 bits per heavy atom. The Morgan fingerprint density at radius 3 is 2.70 bits per heavy atom. The van der Waals surface area contributed by atoms with Crippen molar-refractivity contribution >= 4 is 0 Å². The minimum atomic E-state index is 0.310. The Labute approximate surface area is 123 Å². The summed E-state index contributed by atoms with van der Waals surface area (Å²) in [6.45, 7) is 14.9. The summed E-state index contributed by atoms with van der Waals surface area (Å²) < 4.78 is 5.47. The SMILES string of the molecule is CC(C)C1CNC(C(C)(C)C)CN1CCc1ccco1. The first-order chi connectivity index (χ1) is 9.38. The van der Waals surface area contributed by atoms with Crippen molar-refractivity contribution < 1.29 is 4.42 Å². The molecule has 0 aliphatic carbocycles. The maximum Gasteiger partial charge on any atom is 0.105 e. The summed E-state index contributed by atoms with van der Waals surface area (Å²) in [4.78, 5) is 2.65. The molecule has 2 atom stereocenters. The van der Waals surface area contributed by atoms with Crippen LogP contribution in [0.15, 0.2) is 22.8 Å². The van der Waals surface area contributed by atoms with Gasteiger partial charge in [-0.05, 0) is 23.5 Å². The topological polar surface area (TPSA) is 28.4 Å². The third-order valence-electron chi connectivity index (χ3n) is 4.50. The van der Waals surface area contributed by atoms with Crippen LogP contribution in [0.1, 0.15) is 40.4 Å². The Kier molecular flexibility index (Phi) is 4.92. The smallest absolute Gasteiger partial charge is 0.105 e. The molecule has 0 radical (unpaired) electrons. The van der Waals surface area contributed by atoms with Crippen molar-refractivity contribution in [1.29, 1.82) is 0 Å². The van der Waals surface area contributed by atoms with Crippen LogP contribution in [0, 0.1) is 11.3 Å². The molecule has 1 fully saturated rings. The molecule has 3 nitrogen and oxygen atoms in total. The summed E-state index contributed by atoms with van der Waals surface area (Å²) in [5, 5.41) is 3.75. The van der Waals surface area contributed by atoms with E-state index in [1.807, 2.05) is 6.07 Å². The van der Waals surface area contributed by atoms with Crippen LogP contribution in [0.25, 0.3) is 0 Å². The summed E-state index contributed by atoms with van der Waals surface area (Å²) in [6.07, 6.45) is 2.78. The van der Waals surface area contributed by atoms with Gasteiger partial charge in [-0.1, -0.05) is 34.6 Å². The maximum atomic E-state index is 5.47. The number of furan rings is 1. The fourth-order valence-corrected chi connectivity index (χ4v) is 3.03. The molecule has 2 heterocycles. The second-order valence-electron chi connectivity index (χ2n) is 7.46. The summed E-state index contributed by atoms with van der Waals surface area (Å²) in [5.74, 6) is 1.78. The molecule has 3 heteroatoms. The number of piperazine rings is 1. The van der Waals surface area contributed by atoms with Crippen LogP contribution in [0.5, 0.6) is 0 Å². The third kappa shape index (κ3) is 3.86. The molecule has 1 aromatic heterocycles. The van der Waals surface area contributed by atoms with Crippen molar-refractivity contribution in [2.75, 3.05) is 19.6 Å². The van der Waals surface area contributed by atoms with Crippen molar-refractivity contribution in [3.8, 4) is 0 Å². The fourth-order valence-electron chi connectivity index (χ4n) is 3.03. The molecule has 1 saturated heterocycles. The van der Waals surface area contributed by atoms with E-state index in [1.165, 1.54) is 0 Å². The molecule has 0 aromatic carbocycles. The van der Waals surface area contributed by atoms with Crippen LogP contribution in [0.2, 0.25) is 0 Å². The standard InChI is InChI=1S/C17H30N2O/c1-13(2)15-11-18-16(17(3,4)5)12-19(15)9-8-14-7-6-10-20-14/h6-7,10,13,15-16,18H,8-9,11-12H2,1-5H3. The lowest BCUT2D eigenvalue weighted by atomic mass is 9.83. The average Bonchev–Trinajstić information content (AvgIpc) is 2.87. The molecule has 0 amide bonds. The van der Waals surface area contributed by atoms with Gasteiger partial charge >= 0.3 is 0 Å². The molecule has 0 saturated carbocycles. The van der Waals surface area contributed by atoms with E-state index >= 15 is 0 Å². The first-order valence-electron chi connectivity index (χ1n) is 7.87. The molecule has 1 aliphatic rings. The van der Waals surface area contributed by atoms with Crippen LogP contribution in [-0.2, 0) is 6.42 Å². The van der Waals surface area contributed by atoms with Crippen LogP contribution in [-0.4, -0.2) is 36.6 Å². The van der Waals surface area contributed by atoms with E-state index < -0.39 is 0 Å². The zero-order valence-corrected chi connectivity index (χ0v) is 13.6. The molecule has 1 aromatic rings. The highest BCUT2D eigenvalue weighted by molar-refractivity contribution is 5.00. The number of hydrogen-bond acceptors (Lipinski definition) is 3. The van der Waals surface area contributed by atoms with Crippen molar-refractivity contribution in [3.05, 3.63) is 24.2 Å².